The normalized spacial score (nSPS) is 16.2. The predicted octanol–water partition coefficient (Wildman–Crippen LogP) is 3.29. The molecule has 0 spiro atoms. The Labute approximate surface area is 165 Å². The lowest BCUT2D eigenvalue weighted by Gasteiger charge is -2.36. The van der Waals surface area contributed by atoms with Crippen molar-refractivity contribution in [3.63, 3.8) is 0 Å². The summed E-state index contributed by atoms with van der Waals surface area (Å²) in [4.78, 5) is 18.4. The summed E-state index contributed by atoms with van der Waals surface area (Å²) in [6.07, 6.45) is 0.831. The molecular weight excluding hydrogens is 360 g/mol. The van der Waals surface area contributed by atoms with Crippen molar-refractivity contribution in [3.8, 4) is 11.5 Å². The number of hydrogen-bond acceptors (Lipinski definition) is 5. The lowest BCUT2D eigenvalue weighted by atomic mass is 10.0. The number of carbonyl (C=O) groups excluding carboxylic acids is 1. The minimum absolute atomic E-state index is 0.0358. The highest BCUT2D eigenvalue weighted by atomic mass is 32.1. The van der Waals surface area contributed by atoms with Crippen molar-refractivity contribution in [3.05, 3.63) is 46.2 Å². The first kappa shape index (κ1) is 19.7. The fraction of sp³-hybridized carbons (Fsp3) is 0.476. The Hall–Kier alpha value is -2.05. The molecule has 0 aliphatic carbocycles. The van der Waals surface area contributed by atoms with Gasteiger partial charge >= 0.3 is 0 Å². The number of piperazine rings is 1. The van der Waals surface area contributed by atoms with Crippen molar-refractivity contribution < 1.29 is 14.3 Å². The van der Waals surface area contributed by atoms with Crippen LogP contribution in [0.2, 0.25) is 0 Å². The number of hydrogen-bond donors (Lipinski definition) is 0. The van der Waals surface area contributed by atoms with Crippen molar-refractivity contribution in [1.29, 1.82) is 0 Å². The molecule has 0 N–H and O–H groups in total. The molecule has 2 aromatic rings. The Morgan fingerprint density at radius 3 is 2.56 bits per heavy atom. The summed E-state index contributed by atoms with van der Waals surface area (Å²) < 4.78 is 10.8. The molecule has 0 bridgehead atoms. The lowest BCUT2D eigenvalue weighted by Crippen LogP contribution is -2.49. The molecule has 3 rings (SSSR count). The number of carbonyl (C=O) groups is 1. The molecule has 27 heavy (non-hydrogen) atoms. The molecule has 6 heteroatoms. The van der Waals surface area contributed by atoms with E-state index in [9.17, 15) is 4.79 Å². The van der Waals surface area contributed by atoms with E-state index >= 15 is 0 Å². The van der Waals surface area contributed by atoms with E-state index in [4.69, 9.17) is 9.47 Å². The minimum Gasteiger partial charge on any atom is -0.497 e. The zero-order chi connectivity index (χ0) is 19.2. The second kappa shape index (κ2) is 9.24. The summed E-state index contributed by atoms with van der Waals surface area (Å²) in [5.41, 5.74) is 1.11. The summed E-state index contributed by atoms with van der Waals surface area (Å²) in [6, 6.07) is 10.0. The molecule has 1 fully saturated rings. The second-order valence-electron chi connectivity index (χ2n) is 6.96. The van der Waals surface area contributed by atoms with Crippen LogP contribution in [0.15, 0.2) is 35.7 Å². The highest BCUT2D eigenvalue weighted by Crippen LogP contribution is 2.26. The lowest BCUT2D eigenvalue weighted by molar-refractivity contribution is -0.136. The zero-order valence-electron chi connectivity index (χ0n) is 16.3. The molecule has 1 aliphatic rings. The van der Waals surface area contributed by atoms with Gasteiger partial charge in [0.05, 0.1) is 14.2 Å². The standard InChI is InChI=1S/C21H28N2O3S/c1-16(13-19-5-4-12-27-19)21(24)23-10-8-22(9-11-23)15-17-14-18(25-2)6-7-20(17)26-3/h4-7,12,14,16H,8-11,13,15H2,1-3H3. The Bertz CT molecular complexity index is 740. The monoisotopic (exact) mass is 388 g/mol. The van der Waals surface area contributed by atoms with Gasteiger partial charge in [-0.2, -0.15) is 0 Å². The summed E-state index contributed by atoms with van der Waals surface area (Å²) in [6.45, 7) is 6.14. The molecule has 1 amide bonds. The Kier molecular flexibility index (Phi) is 6.74. The number of benzene rings is 1. The molecule has 1 saturated heterocycles. The van der Waals surface area contributed by atoms with Crippen molar-refractivity contribution in [1.82, 2.24) is 9.80 Å². The third-order valence-electron chi connectivity index (χ3n) is 5.07. The highest BCUT2D eigenvalue weighted by molar-refractivity contribution is 7.09. The smallest absolute Gasteiger partial charge is 0.225 e. The molecule has 0 radical (unpaired) electrons. The molecule has 1 atom stereocenters. The van der Waals surface area contributed by atoms with Gasteiger partial charge in [-0.05, 0) is 36.1 Å². The van der Waals surface area contributed by atoms with E-state index < -0.39 is 0 Å². The maximum atomic E-state index is 12.7. The van der Waals surface area contributed by atoms with E-state index in [-0.39, 0.29) is 11.8 Å². The third-order valence-corrected chi connectivity index (χ3v) is 5.97. The van der Waals surface area contributed by atoms with Gasteiger partial charge in [0.2, 0.25) is 5.91 Å². The third kappa shape index (κ3) is 5.02. The van der Waals surface area contributed by atoms with E-state index in [1.54, 1.807) is 25.6 Å². The van der Waals surface area contributed by atoms with Crippen LogP contribution >= 0.6 is 11.3 Å². The number of thiophene rings is 1. The number of ether oxygens (including phenoxy) is 2. The minimum atomic E-state index is 0.0358. The van der Waals surface area contributed by atoms with Crippen molar-refractivity contribution in [2.75, 3.05) is 40.4 Å². The fourth-order valence-electron chi connectivity index (χ4n) is 3.50. The average molecular weight is 389 g/mol. The largest absolute Gasteiger partial charge is 0.497 e. The van der Waals surface area contributed by atoms with Gasteiger partial charge in [-0.3, -0.25) is 9.69 Å². The molecule has 5 nitrogen and oxygen atoms in total. The van der Waals surface area contributed by atoms with Gasteiger partial charge in [-0.15, -0.1) is 11.3 Å². The quantitative estimate of drug-likeness (QED) is 0.730. The van der Waals surface area contributed by atoms with E-state index in [0.717, 1.165) is 56.2 Å². The van der Waals surface area contributed by atoms with Gasteiger partial charge in [0.25, 0.3) is 0 Å². The molecule has 1 aliphatic heterocycles. The van der Waals surface area contributed by atoms with Crippen LogP contribution < -0.4 is 9.47 Å². The molecule has 1 aromatic carbocycles. The first-order valence-corrected chi connectivity index (χ1v) is 10.2. The van der Waals surface area contributed by atoms with Gasteiger partial charge in [0.1, 0.15) is 11.5 Å². The number of nitrogens with zero attached hydrogens (tertiary/aromatic N) is 2. The molecule has 1 unspecified atom stereocenters. The number of rotatable bonds is 7. The van der Waals surface area contributed by atoms with E-state index in [0.29, 0.717) is 0 Å². The zero-order valence-corrected chi connectivity index (χ0v) is 17.1. The molecule has 2 heterocycles. The second-order valence-corrected chi connectivity index (χ2v) is 8.00. The summed E-state index contributed by atoms with van der Waals surface area (Å²) in [5, 5.41) is 2.07. The molecule has 1 aromatic heterocycles. The summed E-state index contributed by atoms with van der Waals surface area (Å²) in [7, 11) is 3.37. The SMILES string of the molecule is COc1ccc(OC)c(CN2CCN(C(=O)C(C)Cc3cccs3)CC2)c1. The van der Waals surface area contributed by atoms with Crippen LogP contribution in [0.5, 0.6) is 11.5 Å². The maximum Gasteiger partial charge on any atom is 0.225 e. The van der Waals surface area contributed by atoms with Crippen molar-refractivity contribution >= 4 is 17.2 Å². The van der Waals surface area contributed by atoms with E-state index in [2.05, 4.69) is 16.3 Å². The van der Waals surface area contributed by atoms with Gasteiger partial charge in [-0.25, -0.2) is 0 Å². The van der Waals surface area contributed by atoms with Crippen LogP contribution in [0.3, 0.4) is 0 Å². The van der Waals surface area contributed by atoms with E-state index in [1.165, 1.54) is 4.88 Å². The first-order chi connectivity index (χ1) is 13.1. The van der Waals surface area contributed by atoms with Crippen LogP contribution in [-0.4, -0.2) is 56.1 Å². The van der Waals surface area contributed by atoms with Gasteiger partial charge in [0, 0.05) is 49.1 Å². The molecule has 0 saturated carbocycles. The Morgan fingerprint density at radius 2 is 1.93 bits per heavy atom. The van der Waals surface area contributed by atoms with Crippen LogP contribution in [0.1, 0.15) is 17.4 Å². The van der Waals surface area contributed by atoms with E-state index in [1.807, 2.05) is 36.1 Å². The average Bonchev–Trinajstić information content (AvgIpc) is 3.21. The summed E-state index contributed by atoms with van der Waals surface area (Å²) in [5.74, 6) is 2.01. The molecule has 146 valence electrons. The Morgan fingerprint density at radius 1 is 1.15 bits per heavy atom. The van der Waals surface area contributed by atoms with Crippen LogP contribution in [0, 0.1) is 5.92 Å². The predicted molar refractivity (Wildman–Crippen MR) is 109 cm³/mol. The van der Waals surface area contributed by atoms with Gasteiger partial charge in [-0.1, -0.05) is 13.0 Å². The molecular formula is C21H28N2O3S. The topological polar surface area (TPSA) is 42.0 Å². The van der Waals surface area contributed by atoms with Gasteiger partial charge in [0.15, 0.2) is 0 Å². The van der Waals surface area contributed by atoms with Crippen molar-refractivity contribution in [2.45, 2.75) is 19.9 Å². The summed E-state index contributed by atoms with van der Waals surface area (Å²) >= 11 is 1.72. The van der Waals surface area contributed by atoms with Crippen molar-refractivity contribution in [2.24, 2.45) is 5.92 Å². The number of amides is 1. The number of methoxy groups -OCH3 is 2. The van der Waals surface area contributed by atoms with Crippen LogP contribution in [-0.2, 0) is 17.8 Å². The fourth-order valence-corrected chi connectivity index (χ4v) is 4.34. The van der Waals surface area contributed by atoms with Crippen LogP contribution in [0.4, 0.5) is 0 Å². The van der Waals surface area contributed by atoms with Crippen LogP contribution in [0.25, 0.3) is 0 Å². The maximum absolute atomic E-state index is 12.7. The Balaban J connectivity index is 1.53. The highest BCUT2D eigenvalue weighted by Gasteiger charge is 2.25. The van der Waals surface area contributed by atoms with Gasteiger partial charge < -0.3 is 14.4 Å². The first-order valence-electron chi connectivity index (χ1n) is 9.35.